The minimum absolute atomic E-state index is 0.161. The van der Waals surface area contributed by atoms with Gasteiger partial charge in [-0.15, -0.1) is 0 Å². The van der Waals surface area contributed by atoms with Gasteiger partial charge in [0.25, 0.3) is 11.8 Å². The number of carbonyl (C=O) groups excluding carboxylic acids is 1. The molecular weight excluding hydrogens is 298 g/mol. The summed E-state index contributed by atoms with van der Waals surface area (Å²) in [5.74, 6) is 0.829. The number of aryl methyl sites for hydroxylation is 1. The van der Waals surface area contributed by atoms with Crippen molar-refractivity contribution in [1.82, 2.24) is 19.9 Å². The van der Waals surface area contributed by atoms with Crippen LogP contribution in [-0.4, -0.2) is 32.4 Å². The van der Waals surface area contributed by atoms with Crippen molar-refractivity contribution in [2.24, 2.45) is 5.73 Å². The van der Waals surface area contributed by atoms with E-state index < -0.39 is 5.91 Å². The Bertz CT molecular complexity index is 807. The van der Waals surface area contributed by atoms with Crippen molar-refractivity contribution in [2.45, 2.75) is 13.5 Å². The van der Waals surface area contributed by atoms with E-state index in [-0.39, 0.29) is 6.61 Å². The van der Waals surface area contributed by atoms with Crippen molar-refractivity contribution >= 4 is 5.91 Å². The highest BCUT2D eigenvalue weighted by atomic mass is 16.5. The van der Waals surface area contributed by atoms with Crippen LogP contribution >= 0.6 is 0 Å². The summed E-state index contributed by atoms with van der Waals surface area (Å²) < 4.78 is 12.2. The van der Waals surface area contributed by atoms with Crippen LogP contribution in [0.1, 0.15) is 6.92 Å². The summed E-state index contributed by atoms with van der Waals surface area (Å²) in [4.78, 5) is 15.0. The Labute approximate surface area is 131 Å². The molecule has 0 fully saturated rings. The summed E-state index contributed by atoms with van der Waals surface area (Å²) >= 11 is 0. The monoisotopic (exact) mass is 313 g/mol. The minimum atomic E-state index is -0.525. The molecule has 3 aromatic rings. The SMILES string of the molecule is CCn1ccc(-c2nc(-c3ccc(OCC(N)=O)cc3)no2)n1. The van der Waals surface area contributed by atoms with Gasteiger partial charge in [-0.1, -0.05) is 5.16 Å². The summed E-state index contributed by atoms with van der Waals surface area (Å²) in [5, 5.41) is 8.27. The van der Waals surface area contributed by atoms with Gasteiger partial charge >= 0.3 is 0 Å². The number of nitrogens with two attached hydrogens (primary N) is 1. The van der Waals surface area contributed by atoms with E-state index in [4.69, 9.17) is 15.0 Å². The number of primary amides is 1. The second-order valence-electron chi connectivity index (χ2n) is 4.76. The Morgan fingerprint density at radius 2 is 2.09 bits per heavy atom. The van der Waals surface area contributed by atoms with E-state index >= 15 is 0 Å². The molecule has 0 saturated heterocycles. The Morgan fingerprint density at radius 1 is 1.30 bits per heavy atom. The number of hydrogen-bond donors (Lipinski definition) is 1. The highest BCUT2D eigenvalue weighted by Gasteiger charge is 2.13. The quantitative estimate of drug-likeness (QED) is 0.738. The zero-order valence-electron chi connectivity index (χ0n) is 12.5. The molecule has 3 rings (SSSR count). The molecule has 0 spiro atoms. The van der Waals surface area contributed by atoms with E-state index in [2.05, 4.69) is 15.2 Å². The van der Waals surface area contributed by atoms with Crippen LogP contribution in [0.3, 0.4) is 0 Å². The molecule has 0 aliphatic carbocycles. The molecule has 8 heteroatoms. The van der Waals surface area contributed by atoms with Crippen LogP contribution in [-0.2, 0) is 11.3 Å². The van der Waals surface area contributed by atoms with Crippen molar-refractivity contribution in [3.8, 4) is 28.7 Å². The van der Waals surface area contributed by atoms with Crippen molar-refractivity contribution in [3.05, 3.63) is 36.5 Å². The highest BCUT2D eigenvalue weighted by molar-refractivity contribution is 5.75. The molecular formula is C15H15N5O3. The molecule has 23 heavy (non-hydrogen) atoms. The van der Waals surface area contributed by atoms with Crippen LogP contribution in [0.5, 0.6) is 5.75 Å². The smallest absolute Gasteiger partial charge is 0.278 e. The van der Waals surface area contributed by atoms with Gasteiger partial charge in [-0.25, -0.2) is 0 Å². The van der Waals surface area contributed by atoms with Crippen LogP contribution in [0.2, 0.25) is 0 Å². The molecule has 0 bridgehead atoms. The minimum Gasteiger partial charge on any atom is -0.484 e. The standard InChI is InChI=1S/C15H15N5O3/c1-2-20-8-7-12(18-20)15-17-14(19-23-15)10-3-5-11(6-4-10)22-9-13(16)21/h3-8H,2,9H2,1H3,(H2,16,21). The Morgan fingerprint density at radius 3 is 2.74 bits per heavy atom. The second kappa shape index (κ2) is 6.30. The summed E-state index contributed by atoms with van der Waals surface area (Å²) in [6.45, 7) is 2.61. The summed E-state index contributed by atoms with van der Waals surface area (Å²) in [7, 11) is 0. The summed E-state index contributed by atoms with van der Waals surface area (Å²) in [6, 6.07) is 8.78. The molecule has 1 amide bonds. The number of carbonyl (C=O) groups is 1. The first-order chi connectivity index (χ1) is 11.2. The summed E-state index contributed by atoms with van der Waals surface area (Å²) in [6.07, 6.45) is 1.85. The lowest BCUT2D eigenvalue weighted by Crippen LogP contribution is -2.19. The predicted octanol–water partition coefficient (Wildman–Crippen LogP) is 1.48. The molecule has 8 nitrogen and oxygen atoms in total. The molecule has 118 valence electrons. The van der Waals surface area contributed by atoms with E-state index in [0.717, 1.165) is 12.1 Å². The number of ether oxygens (including phenoxy) is 1. The molecule has 0 aliphatic heterocycles. The Hall–Kier alpha value is -3.16. The van der Waals surface area contributed by atoms with Gasteiger partial charge in [-0.05, 0) is 37.3 Å². The lowest BCUT2D eigenvalue weighted by molar-refractivity contribution is -0.119. The molecule has 0 unspecified atom stereocenters. The summed E-state index contributed by atoms with van der Waals surface area (Å²) in [5.41, 5.74) is 6.42. The van der Waals surface area contributed by atoms with Gasteiger partial charge in [0.1, 0.15) is 5.75 Å². The first kappa shape index (κ1) is 14.8. The van der Waals surface area contributed by atoms with Crippen LogP contribution in [0.25, 0.3) is 23.0 Å². The van der Waals surface area contributed by atoms with Crippen LogP contribution in [0.4, 0.5) is 0 Å². The van der Waals surface area contributed by atoms with Crippen molar-refractivity contribution < 1.29 is 14.1 Å². The predicted molar refractivity (Wildman–Crippen MR) is 81.3 cm³/mol. The molecule has 2 aromatic heterocycles. The molecule has 1 aromatic carbocycles. The lowest BCUT2D eigenvalue weighted by Gasteiger charge is -2.03. The highest BCUT2D eigenvalue weighted by Crippen LogP contribution is 2.23. The number of nitrogens with zero attached hydrogens (tertiary/aromatic N) is 4. The van der Waals surface area contributed by atoms with Gasteiger partial charge < -0.3 is 15.0 Å². The zero-order valence-corrected chi connectivity index (χ0v) is 12.5. The van der Waals surface area contributed by atoms with Crippen molar-refractivity contribution in [3.63, 3.8) is 0 Å². The fraction of sp³-hybridized carbons (Fsp3) is 0.200. The topological polar surface area (TPSA) is 109 Å². The van der Waals surface area contributed by atoms with Crippen molar-refractivity contribution in [1.29, 1.82) is 0 Å². The van der Waals surface area contributed by atoms with E-state index in [1.54, 1.807) is 28.9 Å². The molecule has 0 saturated carbocycles. The van der Waals surface area contributed by atoms with Gasteiger partial charge in [0.05, 0.1) is 0 Å². The zero-order chi connectivity index (χ0) is 16.2. The van der Waals surface area contributed by atoms with Gasteiger partial charge in [-0.2, -0.15) is 10.1 Å². The maximum absolute atomic E-state index is 10.7. The van der Waals surface area contributed by atoms with E-state index in [0.29, 0.717) is 23.2 Å². The number of rotatable bonds is 6. The normalized spacial score (nSPS) is 10.7. The third kappa shape index (κ3) is 3.37. The van der Waals surface area contributed by atoms with Crippen LogP contribution in [0.15, 0.2) is 41.1 Å². The third-order valence-corrected chi connectivity index (χ3v) is 3.10. The number of hydrogen-bond acceptors (Lipinski definition) is 6. The number of aromatic nitrogens is 4. The molecule has 2 N–H and O–H groups in total. The molecule has 0 radical (unpaired) electrons. The Balaban J connectivity index is 1.76. The first-order valence-electron chi connectivity index (χ1n) is 7.05. The van der Waals surface area contributed by atoms with Gasteiger partial charge in [0.2, 0.25) is 5.82 Å². The first-order valence-corrected chi connectivity index (χ1v) is 7.05. The second-order valence-corrected chi connectivity index (χ2v) is 4.76. The van der Waals surface area contributed by atoms with E-state index in [9.17, 15) is 4.79 Å². The molecule has 0 aliphatic rings. The lowest BCUT2D eigenvalue weighted by atomic mass is 10.2. The average molecular weight is 313 g/mol. The Kier molecular flexibility index (Phi) is 4.05. The fourth-order valence-electron chi connectivity index (χ4n) is 1.95. The average Bonchev–Trinajstić information content (AvgIpc) is 3.22. The van der Waals surface area contributed by atoms with Gasteiger partial charge in [0.15, 0.2) is 12.3 Å². The number of benzene rings is 1. The van der Waals surface area contributed by atoms with Crippen molar-refractivity contribution in [2.75, 3.05) is 6.61 Å². The maximum Gasteiger partial charge on any atom is 0.278 e. The molecule has 2 heterocycles. The molecule has 0 atom stereocenters. The number of amides is 1. The van der Waals surface area contributed by atoms with Crippen LogP contribution < -0.4 is 10.5 Å². The van der Waals surface area contributed by atoms with E-state index in [1.165, 1.54) is 0 Å². The van der Waals surface area contributed by atoms with E-state index in [1.807, 2.05) is 19.2 Å². The fourth-order valence-corrected chi connectivity index (χ4v) is 1.95. The maximum atomic E-state index is 10.7. The largest absolute Gasteiger partial charge is 0.484 e. The van der Waals surface area contributed by atoms with Crippen LogP contribution in [0, 0.1) is 0 Å². The third-order valence-electron chi connectivity index (χ3n) is 3.10. The van der Waals surface area contributed by atoms with Gasteiger partial charge in [0, 0.05) is 18.3 Å². The van der Waals surface area contributed by atoms with Gasteiger partial charge in [-0.3, -0.25) is 9.48 Å².